The van der Waals surface area contributed by atoms with E-state index < -0.39 is 0 Å². The molecule has 1 aromatic carbocycles. The van der Waals surface area contributed by atoms with Gasteiger partial charge in [0.05, 0.1) is 6.61 Å². The molecule has 0 aromatic heterocycles. The van der Waals surface area contributed by atoms with E-state index in [9.17, 15) is 4.39 Å². The maximum Gasteiger partial charge on any atom is 0.123 e. The zero-order valence-corrected chi connectivity index (χ0v) is 11.4. The molecule has 0 spiro atoms. The van der Waals surface area contributed by atoms with Gasteiger partial charge in [-0.15, -0.1) is 0 Å². The van der Waals surface area contributed by atoms with Crippen LogP contribution in [0.2, 0.25) is 0 Å². The summed E-state index contributed by atoms with van der Waals surface area (Å²) in [5, 5.41) is 0. The minimum atomic E-state index is -0.244. The fraction of sp³-hybridized carbons (Fsp3) is 0.571. The predicted molar refractivity (Wildman–Crippen MR) is 72.4 cm³/mol. The van der Waals surface area contributed by atoms with Crippen LogP contribution < -0.4 is 10.5 Å². The summed E-state index contributed by atoms with van der Waals surface area (Å²) in [6.07, 6.45) is 1.57. The zero-order valence-electron chi connectivity index (χ0n) is 11.4. The van der Waals surface area contributed by atoms with E-state index >= 15 is 0 Å². The van der Waals surface area contributed by atoms with Crippen LogP contribution in [-0.4, -0.2) is 38.2 Å². The Kier molecular flexibility index (Phi) is 6.09. The highest BCUT2D eigenvalue weighted by molar-refractivity contribution is 5.34. The normalized spacial score (nSPS) is 12.8. The van der Waals surface area contributed by atoms with Gasteiger partial charge in [-0.25, -0.2) is 4.39 Å². The quantitative estimate of drug-likeness (QED) is 0.757. The Balaban J connectivity index is 2.57. The lowest BCUT2D eigenvalue weighted by Gasteiger charge is -2.14. The number of halogens is 1. The van der Waals surface area contributed by atoms with Gasteiger partial charge in [-0.1, -0.05) is 0 Å². The van der Waals surface area contributed by atoms with Gasteiger partial charge < -0.3 is 15.4 Å². The molecule has 0 heterocycles. The molecule has 0 saturated carbocycles. The number of nitrogens with zero attached hydrogens (tertiary/aromatic N) is 1. The lowest BCUT2D eigenvalue weighted by Crippen LogP contribution is -2.19. The van der Waals surface area contributed by atoms with Crippen molar-refractivity contribution in [3.05, 3.63) is 29.6 Å². The van der Waals surface area contributed by atoms with Gasteiger partial charge in [0.2, 0.25) is 0 Å². The van der Waals surface area contributed by atoms with Gasteiger partial charge in [-0.3, -0.25) is 0 Å². The third-order valence-electron chi connectivity index (χ3n) is 2.57. The Hall–Kier alpha value is -1.13. The summed E-state index contributed by atoms with van der Waals surface area (Å²) < 4.78 is 18.9. The lowest BCUT2D eigenvalue weighted by atomic mass is 10.1. The Labute approximate surface area is 109 Å². The Morgan fingerprint density at radius 1 is 1.39 bits per heavy atom. The van der Waals surface area contributed by atoms with Gasteiger partial charge in [0.25, 0.3) is 0 Å². The molecular weight excluding hydrogens is 231 g/mol. The predicted octanol–water partition coefficient (Wildman–Crippen LogP) is 2.05. The molecule has 4 heteroatoms. The van der Waals surface area contributed by atoms with Crippen molar-refractivity contribution in [1.82, 2.24) is 4.90 Å². The minimum absolute atomic E-state index is 0.00377. The second-order valence-electron chi connectivity index (χ2n) is 4.94. The summed E-state index contributed by atoms with van der Waals surface area (Å²) in [7, 11) is 4.05. The van der Waals surface area contributed by atoms with Crippen LogP contribution in [0.4, 0.5) is 4.39 Å². The van der Waals surface area contributed by atoms with Gasteiger partial charge in [0.15, 0.2) is 0 Å². The first-order valence-corrected chi connectivity index (χ1v) is 6.30. The molecule has 1 atom stereocenters. The van der Waals surface area contributed by atoms with Crippen LogP contribution in [0.25, 0.3) is 0 Å². The van der Waals surface area contributed by atoms with Crippen molar-refractivity contribution in [2.75, 3.05) is 27.2 Å². The Morgan fingerprint density at radius 3 is 2.72 bits per heavy atom. The van der Waals surface area contributed by atoms with Gasteiger partial charge in [-0.05, 0) is 57.6 Å². The molecule has 18 heavy (non-hydrogen) atoms. The van der Waals surface area contributed by atoms with E-state index in [-0.39, 0.29) is 11.9 Å². The van der Waals surface area contributed by atoms with E-state index in [0.717, 1.165) is 24.3 Å². The lowest BCUT2D eigenvalue weighted by molar-refractivity contribution is 0.279. The van der Waals surface area contributed by atoms with E-state index in [1.165, 1.54) is 12.1 Å². The second-order valence-corrected chi connectivity index (χ2v) is 4.94. The molecule has 0 aliphatic carbocycles. The van der Waals surface area contributed by atoms with Crippen LogP contribution in [-0.2, 0) is 6.42 Å². The van der Waals surface area contributed by atoms with Crippen LogP contribution in [0.3, 0.4) is 0 Å². The molecule has 3 nitrogen and oxygen atoms in total. The molecule has 0 amide bonds. The summed E-state index contributed by atoms with van der Waals surface area (Å²) >= 11 is 0. The van der Waals surface area contributed by atoms with Crippen LogP contribution in [0.15, 0.2) is 18.2 Å². The number of rotatable bonds is 7. The van der Waals surface area contributed by atoms with E-state index in [2.05, 4.69) is 4.90 Å². The third kappa shape index (κ3) is 5.47. The number of ether oxygens (including phenoxy) is 1. The van der Waals surface area contributed by atoms with Gasteiger partial charge in [0, 0.05) is 12.6 Å². The first kappa shape index (κ1) is 14.9. The molecule has 102 valence electrons. The standard InChI is InChI=1S/C14H23FN2O/c1-11(16)9-12-10-13(15)5-6-14(12)18-8-4-7-17(2)3/h5-6,10-11H,4,7-9,16H2,1-3H3. The van der Waals surface area contributed by atoms with Crippen molar-refractivity contribution < 1.29 is 9.13 Å². The zero-order chi connectivity index (χ0) is 13.5. The molecule has 0 saturated heterocycles. The third-order valence-corrected chi connectivity index (χ3v) is 2.57. The summed E-state index contributed by atoms with van der Waals surface area (Å²) in [6.45, 7) is 3.51. The average molecular weight is 254 g/mol. The topological polar surface area (TPSA) is 38.5 Å². The molecular formula is C14H23FN2O. The summed E-state index contributed by atoms with van der Waals surface area (Å²) in [5.74, 6) is 0.499. The minimum Gasteiger partial charge on any atom is -0.493 e. The van der Waals surface area contributed by atoms with Gasteiger partial charge in [0.1, 0.15) is 11.6 Å². The largest absolute Gasteiger partial charge is 0.493 e. The summed E-state index contributed by atoms with van der Waals surface area (Å²) in [5.41, 5.74) is 6.60. The highest BCUT2D eigenvalue weighted by atomic mass is 19.1. The van der Waals surface area contributed by atoms with E-state index in [4.69, 9.17) is 10.5 Å². The summed E-state index contributed by atoms with van der Waals surface area (Å²) in [6, 6.07) is 4.61. The molecule has 0 radical (unpaired) electrons. The number of hydrogen-bond acceptors (Lipinski definition) is 3. The number of hydrogen-bond donors (Lipinski definition) is 1. The SMILES string of the molecule is CC(N)Cc1cc(F)ccc1OCCCN(C)C. The van der Waals surface area contributed by atoms with Crippen LogP contribution in [0.5, 0.6) is 5.75 Å². The number of nitrogens with two attached hydrogens (primary N) is 1. The number of benzene rings is 1. The van der Waals surface area contributed by atoms with Crippen molar-refractivity contribution in [3.63, 3.8) is 0 Å². The van der Waals surface area contributed by atoms with Crippen molar-refractivity contribution in [2.24, 2.45) is 5.73 Å². The molecule has 2 N–H and O–H groups in total. The molecule has 0 bridgehead atoms. The molecule has 1 unspecified atom stereocenters. The first-order chi connectivity index (χ1) is 8.49. The molecule has 1 aromatic rings. The fourth-order valence-electron chi connectivity index (χ4n) is 1.76. The van der Waals surface area contributed by atoms with Crippen LogP contribution >= 0.6 is 0 Å². The highest BCUT2D eigenvalue weighted by Gasteiger charge is 2.07. The van der Waals surface area contributed by atoms with Crippen molar-refractivity contribution in [2.45, 2.75) is 25.8 Å². The molecule has 0 fully saturated rings. The Bertz CT molecular complexity index is 367. The maximum atomic E-state index is 13.2. The van der Waals surface area contributed by atoms with Crippen molar-refractivity contribution >= 4 is 0 Å². The first-order valence-electron chi connectivity index (χ1n) is 6.30. The summed E-state index contributed by atoms with van der Waals surface area (Å²) in [4.78, 5) is 2.11. The van der Waals surface area contributed by atoms with E-state index in [0.29, 0.717) is 13.0 Å². The highest BCUT2D eigenvalue weighted by Crippen LogP contribution is 2.21. The van der Waals surface area contributed by atoms with Gasteiger partial charge >= 0.3 is 0 Å². The van der Waals surface area contributed by atoms with E-state index in [1.54, 1.807) is 6.07 Å². The maximum absolute atomic E-state index is 13.2. The molecule has 1 rings (SSSR count). The smallest absolute Gasteiger partial charge is 0.123 e. The molecule has 0 aliphatic rings. The van der Waals surface area contributed by atoms with Crippen LogP contribution in [0, 0.1) is 5.82 Å². The van der Waals surface area contributed by atoms with Crippen molar-refractivity contribution in [3.8, 4) is 5.75 Å². The second kappa shape index (κ2) is 7.34. The average Bonchev–Trinajstić information content (AvgIpc) is 2.25. The molecule has 0 aliphatic heterocycles. The van der Waals surface area contributed by atoms with Crippen LogP contribution in [0.1, 0.15) is 18.9 Å². The van der Waals surface area contributed by atoms with Gasteiger partial charge in [-0.2, -0.15) is 0 Å². The Morgan fingerprint density at radius 2 is 2.11 bits per heavy atom. The fourth-order valence-corrected chi connectivity index (χ4v) is 1.76. The van der Waals surface area contributed by atoms with Crippen molar-refractivity contribution in [1.29, 1.82) is 0 Å². The monoisotopic (exact) mass is 254 g/mol. The van der Waals surface area contributed by atoms with E-state index in [1.807, 2.05) is 21.0 Å².